The number of hydrogen-bond acceptors (Lipinski definition) is 4. The molecule has 0 bridgehead atoms. The molecule has 122 valence electrons. The minimum atomic E-state index is -0.0570. The molecule has 1 N–H and O–H groups in total. The predicted octanol–water partition coefficient (Wildman–Crippen LogP) is 2.23. The van der Waals surface area contributed by atoms with E-state index in [9.17, 15) is 4.79 Å². The number of urea groups is 1. The third kappa shape index (κ3) is 4.00. The van der Waals surface area contributed by atoms with Gasteiger partial charge in [0.1, 0.15) is 18.4 Å². The number of nitrogens with zero attached hydrogens (tertiary/aromatic N) is 4. The Balaban J connectivity index is 1.55. The van der Waals surface area contributed by atoms with Crippen LogP contribution < -0.4 is 10.1 Å². The quantitative estimate of drug-likeness (QED) is 0.939. The van der Waals surface area contributed by atoms with Gasteiger partial charge in [-0.25, -0.2) is 9.78 Å². The van der Waals surface area contributed by atoms with E-state index in [1.54, 1.807) is 13.4 Å². The van der Waals surface area contributed by atoms with Gasteiger partial charge in [0.25, 0.3) is 0 Å². The number of benzene rings is 1. The Hall–Kier alpha value is -2.57. The first-order valence-corrected chi connectivity index (χ1v) is 7.77. The summed E-state index contributed by atoms with van der Waals surface area (Å²) < 4.78 is 6.95. The highest BCUT2D eigenvalue weighted by molar-refractivity contribution is 5.89. The molecule has 1 aromatic heterocycles. The minimum absolute atomic E-state index is 0.0570. The smallest absolute Gasteiger partial charge is 0.321 e. The zero-order chi connectivity index (χ0) is 16.1. The van der Waals surface area contributed by atoms with Crippen molar-refractivity contribution < 1.29 is 9.53 Å². The molecule has 1 saturated heterocycles. The fourth-order valence-electron chi connectivity index (χ4n) is 2.87. The van der Waals surface area contributed by atoms with Gasteiger partial charge in [0.05, 0.1) is 7.11 Å². The third-order valence-corrected chi connectivity index (χ3v) is 4.06. The molecule has 0 unspecified atom stereocenters. The number of hydrogen-bond donors (Lipinski definition) is 1. The number of piperidine rings is 1. The lowest BCUT2D eigenvalue weighted by Crippen LogP contribution is -2.43. The van der Waals surface area contributed by atoms with E-state index in [1.165, 1.54) is 6.33 Å². The van der Waals surface area contributed by atoms with Gasteiger partial charge >= 0.3 is 6.03 Å². The first-order valence-electron chi connectivity index (χ1n) is 7.77. The van der Waals surface area contributed by atoms with Crippen LogP contribution in [0.25, 0.3) is 0 Å². The van der Waals surface area contributed by atoms with Gasteiger partial charge in [0, 0.05) is 25.3 Å². The molecule has 0 spiro atoms. The summed E-state index contributed by atoms with van der Waals surface area (Å²) in [7, 11) is 1.62. The third-order valence-electron chi connectivity index (χ3n) is 4.06. The Morgan fingerprint density at radius 2 is 2.22 bits per heavy atom. The van der Waals surface area contributed by atoms with Crippen molar-refractivity contribution in [1.82, 2.24) is 19.7 Å². The highest BCUT2D eigenvalue weighted by Gasteiger charge is 2.24. The molecule has 7 nitrogen and oxygen atoms in total. The second kappa shape index (κ2) is 7.13. The maximum Gasteiger partial charge on any atom is 0.321 e. The van der Waals surface area contributed by atoms with Crippen LogP contribution in [-0.2, 0) is 6.54 Å². The van der Waals surface area contributed by atoms with Gasteiger partial charge in [-0.2, -0.15) is 5.10 Å². The lowest BCUT2D eigenvalue weighted by atomic mass is 9.98. The zero-order valence-corrected chi connectivity index (χ0v) is 13.2. The fraction of sp³-hybridized carbons (Fsp3) is 0.438. The van der Waals surface area contributed by atoms with Crippen molar-refractivity contribution in [3.8, 4) is 5.75 Å². The van der Waals surface area contributed by atoms with E-state index in [2.05, 4.69) is 15.4 Å². The summed E-state index contributed by atoms with van der Waals surface area (Å²) in [6.07, 6.45) is 5.37. The molecule has 2 heterocycles. The Morgan fingerprint density at radius 3 is 2.91 bits per heavy atom. The van der Waals surface area contributed by atoms with Crippen LogP contribution in [0.3, 0.4) is 0 Å². The fourth-order valence-corrected chi connectivity index (χ4v) is 2.87. The van der Waals surface area contributed by atoms with E-state index in [-0.39, 0.29) is 6.03 Å². The second-order valence-electron chi connectivity index (χ2n) is 5.73. The van der Waals surface area contributed by atoms with E-state index < -0.39 is 0 Å². The molecule has 23 heavy (non-hydrogen) atoms. The van der Waals surface area contributed by atoms with Crippen LogP contribution in [0.2, 0.25) is 0 Å². The molecule has 0 saturated carbocycles. The van der Waals surface area contributed by atoms with Gasteiger partial charge < -0.3 is 15.0 Å². The van der Waals surface area contributed by atoms with E-state index in [4.69, 9.17) is 4.74 Å². The predicted molar refractivity (Wildman–Crippen MR) is 86.3 cm³/mol. The molecule has 3 rings (SSSR count). The van der Waals surface area contributed by atoms with Gasteiger partial charge in [-0.05, 0) is 43.0 Å². The number of nitrogens with one attached hydrogen (secondary N) is 1. The number of methoxy groups -OCH3 is 1. The Kier molecular flexibility index (Phi) is 4.75. The van der Waals surface area contributed by atoms with Crippen LogP contribution in [0.4, 0.5) is 10.5 Å². The molecule has 1 atom stereocenters. The van der Waals surface area contributed by atoms with Crippen LogP contribution >= 0.6 is 0 Å². The number of likely N-dealkylation sites (tertiary alicyclic amines) is 1. The Morgan fingerprint density at radius 1 is 1.39 bits per heavy atom. The van der Waals surface area contributed by atoms with Gasteiger partial charge in [-0.3, -0.25) is 4.68 Å². The van der Waals surface area contributed by atoms with E-state index >= 15 is 0 Å². The molecule has 2 aromatic rings. The summed E-state index contributed by atoms with van der Waals surface area (Å²) in [6, 6.07) is 7.29. The van der Waals surface area contributed by atoms with E-state index in [1.807, 2.05) is 33.8 Å². The normalized spacial score (nSPS) is 17.8. The van der Waals surface area contributed by atoms with Gasteiger partial charge in [0.2, 0.25) is 0 Å². The molecule has 0 radical (unpaired) electrons. The van der Waals surface area contributed by atoms with Crippen LogP contribution in [0, 0.1) is 5.92 Å². The molecule has 1 aliphatic heterocycles. The molecule has 2 amide bonds. The summed E-state index contributed by atoms with van der Waals surface area (Å²) in [6.45, 7) is 2.32. The van der Waals surface area contributed by atoms with Crippen molar-refractivity contribution in [2.45, 2.75) is 19.4 Å². The first kappa shape index (κ1) is 15.3. The van der Waals surface area contributed by atoms with E-state index in [0.717, 1.165) is 43.9 Å². The SMILES string of the molecule is COc1ccc(NC(=O)N2CCC[C@H](Cn3cncn3)C2)cc1. The van der Waals surface area contributed by atoms with Crippen molar-refractivity contribution in [3.05, 3.63) is 36.9 Å². The molecule has 1 fully saturated rings. The second-order valence-corrected chi connectivity index (χ2v) is 5.73. The maximum absolute atomic E-state index is 12.4. The molecular weight excluding hydrogens is 294 g/mol. The molecule has 1 aliphatic rings. The number of ether oxygens (including phenoxy) is 1. The summed E-state index contributed by atoms with van der Waals surface area (Å²) in [4.78, 5) is 18.2. The standard InChI is InChI=1S/C16H21N5O2/c1-23-15-6-4-14(5-7-15)19-16(22)20-8-2-3-13(9-20)10-21-12-17-11-18-21/h4-7,11-13H,2-3,8-10H2,1H3,(H,19,22)/t13-/m0/s1. The lowest BCUT2D eigenvalue weighted by molar-refractivity contribution is 0.168. The molecule has 1 aromatic carbocycles. The highest BCUT2D eigenvalue weighted by Crippen LogP contribution is 2.20. The van der Waals surface area contributed by atoms with Crippen molar-refractivity contribution in [3.63, 3.8) is 0 Å². The number of aromatic nitrogens is 3. The molecule has 0 aliphatic carbocycles. The Labute approximate surface area is 135 Å². The molecule has 7 heteroatoms. The summed E-state index contributed by atoms with van der Waals surface area (Å²) in [5, 5.41) is 7.08. The van der Waals surface area contributed by atoms with Crippen LogP contribution in [0.15, 0.2) is 36.9 Å². The monoisotopic (exact) mass is 315 g/mol. The van der Waals surface area contributed by atoms with Gasteiger partial charge in [-0.1, -0.05) is 0 Å². The van der Waals surface area contributed by atoms with Crippen molar-refractivity contribution in [2.75, 3.05) is 25.5 Å². The van der Waals surface area contributed by atoms with E-state index in [0.29, 0.717) is 5.92 Å². The highest BCUT2D eigenvalue weighted by atomic mass is 16.5. The topological polar surface area (TPSA) is 72.3 Å². The molecular formula is C16H21N5O2. The number of carbonyl (C=O) groups is 1. The lowest BCUT2D eigenvalue weighted by Gasteiger charge is -2.32. The summed E-state index contributed by atoms with van der Waals surface area (Å²) in [5.41, 5.74) is 0.772. The summed E-state index contributed by atoms with van der Waals surface area (Å²) >= 11 is 0. The number of amides is 2. The largest absolute Gasteiger partial charge is 0.497 e. The van der Waals surface area contributed by atoms with Crippen LogP contribution in [0.1, 0.15) is 12.8 Å². The van der Waals surface area contributed by atoms with Crippen molar-refractivity contribution >= 4 is 11.7 Å². The number of anilines is 1. The number of carbonyl (C=O) groups excluding carboxylic acids is 1. The van der Waals surface area contributed by atoms with Crippen LogP contribution in [-0.4, -0.2) is 45.9 Å². The average molecular weight is 315 g/mol. The first-order chi connectivity index (χ1) is 11.2. The van der Waals surface area contributed by atoms with Crippen LogP contribution in [0.5, 0.6) is 5.75 Å². The maximum atomic E-state index is 12.4. The van der Waals surface area contributed by atoms with Crippen molar-refractivity contribution in [1.29, 1.82) is 0 Å². The number of rotatable bonds is 4. The van der Waals surface area contributed by atoms with Gasteiger partial charge in [-0.15, -0.1) is 0 Å². The van der Waals surface area contributed by atoms with Crippen molar-refractivity contribution in [2.24, 2.45) is 5.92 Å². The zero-order valence-electron chi connectivity index (χ0n) is 13.2. The average Bonchev–Trinajstić information content (AvgIpc) is 3.09. The summed E-state index contributed by atoms with van der Waals surface area (Å²) in [5.74, 6) is 1.18. The Bertz CT molecular complexity index is 626. The minimum Gasteiger partial charge on any atom is -0.497 e. The van der Waals surface area contributed by atoms with Gasteiger partial charge in [0.15, 0.2) is 0 Å².